The zero-order chi connectivity index (χ0) is 10.7. The second-order valence-electron chi connectivity index (χ2n) is 2.59. The number of hydrogen-bond donors (Lipinski definition) is 2. The molecule has 1 rings (SSSR count). The maximum atomic E-state index is 13.2. The minimum absolute atomic E-state index is 0.175. The van der Waals surface area contributed by atoms with E-state index in [-0.39, 0.29) is 4.90 Å². The summed E-state index contributed by atoms with van der Waals surface area (Å²) in [7, 11) is -1.98. The molecule has 6 heteroatoms. The van der Waals surface area contributed by atoms with Crippen molar-refractivity contribution in [3.8, 4) is 0 Å². The fraction of sp³-hybridized carbons (Fsp3) is 0.250. The van der Waals surface area contributed by atoms with E-state index in [2.05, 4.69) is 0 Å². The minimum Gasteiger partial charge on any atom is -0.423 e. The van der Waals surface area contributed by atoms with Gasteiger partial charge in [-0.25, -0.2) is 8.78 Å². The smallest absolute Gasteiger partial charge is 0.423 e. The molecule has 0 amide bonds. The molecule has 0 aromatic heterocycles. The first-order valence-corrected chi connectivity index (χ1v) is 5.03. The van der Waals surface area contributed by atoms with Crippen molar-refractivity contribution >= 4 is 24.3 Å². The lowest BCUT2D eigenvalue weighted by atomic mass is 9.80. The molecule has 0 fully saturated rings. The molecule has 0 aliphatic heterocycles. The molecular formula is C8H9BF2O2S. The quantitative estimate of drug-likeness (QED) is 0.581. The van der Waals surface area contributed by atoms with Gasteiger partial charge in [0.1, 0.15) is 0 Å². The summed E-state index contributed by atoms with van der Waals surface area (Å²) in [4.78, 5) is 0.175. The zero-order valence-electron chi connectivity index (χ0n) is 7.50. The van der Waals surface area contributed by atoms with Gasteiger partial charge >= 0.3 is 7.12 Å². The Bertz CT molecular complexity index is 333. The second kappa shape index (κ2) is 4.77. The second-order valence-corrected chi connectivity index (χ2v) is 3.89. The Hall–Kier alpha value is -0.585. The third kappa shape index (κ3) is 2.26. The van der Waals surface area contributed by atoms with Crippen LogP contribution >= 0.6 is 11.8 Å². The van der Waals surface area contributed by atoms with Gasteiger partial charge in [-0.1, -0.05) is 13.0 Å². The molecule has 0 bridgehead atoms. The first kappa shape index (κ1) is 11.5. The van der Waals surface area contributed by atoms with Crippen molar-refractivity contribution in [2.75, 3.05) is 5.75 Å². The van der Waals surface area contributed by atoms with Crippen LogP contribution in [-0.2, 0) is 0 Å². The van der Waals surface area contributed by atoms with Gasteiger partial charge in [-0.3, -0.25) is 0 Å². The summed E-state index contributed by atoms with van der Waals surface area (Å²) >= 11 is 1.16. The van der Waals surface area contributed by atoms with Crippen molar-refractivity contribution in [2.45, 2.75) is 11.8 Å². The highest BCUT2D eigenvalue weighted by Crippen LogP contribution is 2.22. The summed E-state index contributed by atoms with van der Waals surface area (Å²) in [6.07, 6.45) is 0. The molecule has 0 radical (unpaired) electrons. The lowest BCUT2D eigenvalue weighted by Crippen LogP contribution is -2.33. The molecule has 0 aliphatic rings. The van der Waals surface area contributed by atoms with Crippen LogP contribution in [0.15, 0.2) is 17.0 Å². The van der Waals surface area contributed by atoms with Gasteiger partial charge in [0.2, 0.25) is 0 Å². The van der Waals surface area contributed by atoms with Crippen molar-refractivity contribution < 1.29 is 18.8 Å². The van der Waals surface area contributed by atoms with Crippen LogP contribution in [0.3, 0.4) is 0 Å². The van der Waals surface area contributed by atoms with Crippen LogP contribution in [0.5, 0.6) is 0 Å². The van der Waals surface area contributed by atoms with E-state index in [1.807, 2.05) is 6.92 Å². The van der Waals surface area contributed by atoms with E-state index in [9.17, 15) is 8.78 Å². The Balaban J connectivity index is 3.12. The van der Waals surface area contributed by atoms with Crippen LogP contribution in [0.25, 0.3) is 0 Å². The molecular weight excluding hydrogens is 209 g/mol. The standard InChI is InChI=1S/C8H9BF2O2S/c1-2-14-6-4-3-5(9(12)13)7(10)8(6)11/h3-4,12-13H,2H2,1H3. The average molecular weight is 218 g/mol. The van der Waals surface area contributed by atoms with Crippen molar-refractivity contribution in [3.05, 3.63) is 23.8 Å². The molecule has 0 saturated carbocycles. The zero-order valence-corrected chi connectivity index (χ0v) is 8.31. The fourth-order valence-corrected chi connectivity index (χ4v) is 1.70. The van der Waals surface area contributed by atoms with E-state index in [0.717, 1.165) is 11.8 Å². The molecule has 0 heterocycles. The Kier molecular flexibility index (Phi) is 3.91. The molecule has 0 unspecified atom stereocenters. The van der Waals surface area contributed by atoms with Crippen molar-refractivity contribution in [2.24, 2.45) is 0 Å². The number of hydrogen-bond acceptors (Lipinski definition) is 3. The highest BCUT2D eigenvalue weighted by molar-refractivity contribution is 7.99. The van der Waals surface area contributed by atoms with Gasteiger partial charge in [0.25, 0.3) is 0 Å². The predicted octanol–water partition coefficient (Wildman–Crippen LogP) is 0.757. The van der Waals surface area contributed by atoms with Crippen LogP contribution in [0.2, 0.25) is 0 Å². The molecule has 0 aliphatic carbocycles. The third-order valence-corrected chi connectivity index (χ3v) is 2.57. The van der Waals surface area contributed by atoms with E-state index < -0.39 is 24.2 Å². The van der Waals surface area contributed by atoms with Crippen LogP contribution in [0.4, 0.5) is 8.78 Å². The van der Waals surface area contributed by atoms with Crippen molar-refractivity contribution in [1.29, 1.82) is 0 Å². The molecule has 76 valence electrons. The van der Waals surface area contributed by atoms with Gasteiger partial charge < -0.3 is 10.0 Å². The predicted molar refractivity (Wildman–Crippen MR) is 52.6 cm³/mol. The molecule has 14 heavy (non-hydrogen) atoms. The fourth-order valence-electron chi connectivity index (χ4n) is 1.01. The van der Waals surface area contributed by atoms with E-state index >= 15 is 0 Å². The SMILES string of the molecule is CCSc1ccc(B(O)O)c(F)c1F. The molecule has 0 saturated heterocycles. The Labute approximate surface area is 85.1 Å². The molecule has 1 aromatic carbocycles. The number of thioether (sulfide) groups is 1. The summed E-state index contributed by atoms with van der Waals surface area (Å²) in [5.74, 6) is -1.60. The lowest BCUT2D eigenvalue weighted by molar-refractivity contribution is 0.419. The summed E-state index contributed by atoms with van der Waals surface area (Å²) in [6.45, 7) is 1.82. The van der Waals surface area contributed by atoms with Crippen LogP contribution < -0.4 is 5.46 Å². The van der Waals surface area contributed by atoms with Crippen LogP contribution in [0.1, 0.15) is 6.92 Å². The van der Waals surface area contributed by atoms with Gasteiger partial charge in [-0.15, -0.1) is 11.8 Å². The minimum atomic E-state index is -1.98. The highest BCUT2D eigenvalue weighted by atomic mass is 32.2. The van der Waals surface area contributed by atoms with E-state index in [1.54, 1.807) is 0 Å². The first-order valence-electron chi connectivity index (χ1n) is 4.04. The van der Waals surface area contributed by atoms with Crippen molar-refractivity contribution in [3.63, 3.8) is 0 Å². The number of benzene rings is 1. The Morgan fingerprint density at radius 1 is 1.29 bits per heavy atom. The Morgan fingerprint density at radius 2 is 1.93 bits per heavy atom. The van der Waals surface area contributed by atoms with Crippen molar-refractivity contribution in [1.82, 2.24) is 0 Å². The molecule has 0 atom stereocenters. The summed E-state index contributed by atoms with van der Waals surface area (Å²) in [5, 5.41) is 17.4. The molecule has 1 aromatic rings. The topological polar surface area (TPSA) is 40.5 Å². The average Bonchev–Trinajstić information content (AvgIpc) is 2.13. The third-order valence-electron chi connectivity index (χ3n) is 1.65. The van der Waals surface area contributed by atoms with Crippen LogP contribution in [0, 0.1) is 11.6 Å². The lowest BCUT2D eigenvalue weighted by Gasteiger charge is -2.06. The molecule has 2 nitrogen and oxygen atoms in total. The van der Waals surface area contributed by atoms with Gasteiger partial charge in [-0.2, -0.15) is 0 Å². The molecule has 0 spiro atoms. The highest BCUT2D eigenvalue weighted by Gasteiger charge is 2.21. The van der Waals surface area contributed by atoms with Gasteiger partial charge in [0.15, 0.2) is 11.6 Å². The van der Waals surface area contributed by atoms with Gasteiger partial charge in [0.05, 0.1) is 0 Å². The Morgan fingerprint density at radius 3 is 2.43 bits per heavy atom. The summed E-state index contributed by atoms with van der Waals surface area (Å²) in [5.41, 5.74) is -0.442. The monoisotopic (exact) mass is 218 g/mol. The van der Waals surface area contributed by atoms with Gasteiger partial charge in [-0.05, 0) is 11.8 Å². The maximum absolute atomic E-state index is 13.2. The maximum Gasteiger partial charge on any atom is 0.491 e. The normalized spacial score (nSPS) is 10.4. The van der Waals surface area contributed by atoms with E-state index in [4.69, 9.17) is 10.0 Å². The van der Waals surface area contributed by atoms with Crippen LogP contribution in [-0.4, -0.2) is 22.9 Å². The largest absolute Gasteiger partial charge is 0.491 e. The van der Waals surface area contributed by atoms with E-state index in [0.29, 0.717) is 5.75 Å². The summed E-state index contributed by atoms with van der Waals surface area (Å²) in [6, 6.07) is 2.50. The molecule has 2 N–H and O–H groups in total. The number of halogens is 2. The first-order chi connectivity index (χ1) is 6.57. The van der Waals surface area contributed by atoms with Gasteiger partial charge in [0, 0.05) is 10.4 Å². The van der Waals surface area contributed by atoms with E-state index in [1.165, 1.54) is 12.1 Å². The number of rotatable bonds is 3. The summed E-state index contributed by atoms with van der Waals surface area (Å²) < 4.78 is 26.3.